The second kappa shape index (κ2) is 5.39. The summed E-state index contributed by atoms with van der Waals surface area (Å²) < 4.78 is 10.7. The number of allylic oxidation sites excluding steroid dienone is 2. The molecule has 1 saturated carbocycles. The van der Waals surface area contributed by atoms with Gasteiger partial charge >= 0.3 is 0 Å². The number of aryl methyl sites for hydroxylation is 1. The van der Waals surface area contributed by atoms with E-state index in [1.165, 1.54) is 18.4 Å². The number of fused-ring (bicyclic) bond motifs is 2. The van der Waals surface area contributed by atoms with Crippen molar-refractivity contribution < 1.29 is 9.47 Å². The van der Waals surface area contributed by atoms with Crippen LogP contribution in [-0.2, 0) is 0 Å². The molecule has 1 aromatic rings. The maximum absolute atomic E-state index is 5.38. The molecule has 3 heteroatoms. The Morgan fingerprint density at radius 3 is 2.45 bits per heavy atom. The molecule has 2 aliphatic carbocycles. The third kappa shape index (κ3) is 2.37. The summed E-state index contributed by atoms with van der Waals surface area (Å²) in [6, 6.07) is 4.07. The Bertz CT molecular complexity index is 524. The van der Waals surface area contributed by atoms with Crippen LogP contribution in [0, 0.1) is 24.7 Å². The van der Waals surface area contributed by atoms with Crippen LogP contribution in [0.15, 0.2) is 24.3 Å². The number of hydrogen-bond acceptors (Lipinski definition) is 3. The molecule has 0 amide bonds. The molecule has 0 radical (unpaired) electrons. The van der Waals surface area contributed by atoms with Gasteiger partial charge < -0.3 is 14.8 Å². The van der Waals surface area contributed by atoms with Gasteiger partial charge in [-0.15, -0.1) is 0 Å². The SMILES string of the molecule is COc1cc(C)c(NCC2CC3C=CC2C3)cc1OC. The average Bonchev–Trinajstić information content (AvgIpc) is 3.08. The van der Waals surface area contributed by atoms with Gasteiger partial charge in [0.05, 0.1) is 14.2 Å². The molecule has 2 bridgehead atoms. The highest BCUT2D eigenvalue weighted by molar-refractivity contribution is 5.60. The fourth-order valence-electron chi connectivity index (χ4n) is 3.54. The van der Waals surface area contributed by atoms with Gasteiger partial charge in [-0.2, -0.15) is 0 Å². The van der Waals surface area contributed by atoms with Crippen LogP contribution >= 0.6 is 0 Å². The second-order valence-electron chi connectivity index (χ2n) is 5.94. The lowest BCUT2D eigenvalue weighted by Crippen LogP contribution is -2.18. The molecule has 3 nitrogen and oxygen atoms in total. The minimum absolute atomic E-state index is 0.775. The van der Waals surface area contributed by atoms with Crippen molar-refractivity contribution in [2.45, 2.75) is 19.8 Å². The van der Waals surface area contributed by atoms with Gasteiger partial charge in [0.1, 0.15) is 0 Å². The van der Waals surface area contributed by atoms with Crippen molar-refractivity contribution in [1.29, 1.82) is 0 Å². The Morgan fingerprint density at radius 1 is 1.10 bits per heavy atom. The van der Waals surface area contributed by atoms with Crippen molar-refractivity contribution >= 4 is 5.69 Å². The highest BCUT2D eigenvalue weighted by Gasteiger charge is 2.35. The lowest BCUT2D eigenvalue weighted by molar-refractivity contribution is 0.355. The van der Waals surface area contributed by atoms with E-state index in [2.05, 4.69) is 24.4 Å². The third-order valence-corrected chi connectivity index (χ3v) is 4.70. The van der Waals surface area contributed by atoms with E-state index in [0.29, 0.717) is 0 Å². The third-order valence-electron chi connectivity index (χ3n) is 4.70. The Labute approximate surface area is 121 Å². The summed E-state index contributed by atoms with van der Waals surface area (Å²) in [5.41, 5.74) is 2.34. The van der Waals surface area contributed by atoms with Gasteiger partial charge in [0.15, 0.2) is 11.5 Å². The first kappa shape index (κ1) is 13.3. The number of rotatable bonds is 5. The van der Waals surface area contributed by atoms with Crippen LogP contribution in [0.2, 0.25) is 0 Å². The van der Waals surface area contributed by atoms with E-state index >= 15 is 0 Å². The van der Waals surface area contributed by atoms with E-state index in [1.54, 1.807) is 14.2 Å². The van der Waals surface area contributed by atoms with Crippen molar-refractivity contribution in [3.05, 3.63) is 29.8 Å². The lowest BCUT2D eigenvalue weighted by atomic mass is 9.93. The Balaban J connectivity index is 1.69. The first-order valence-corrected chi connectivity index (χ1v) is 7.36. The standard InChI is InChI=1S/C17H23NO2/c1-11-6-16(19-2)17(20-3)9-15(11)18-10-14-8-12-4-5-13(14)7-12/h4-6,9,12-14,18H,7-8,10H2,1-3H3. The van der Waals surface area contributed by atoms with Gasteiger partial charge in [0.25, 0.3) is 0 Å². The number of nitrogens with one attached hydrogen (secondary N) is 1. The first-order chi connectivity index (χ1) is 9.71. The van der Waals surface area contributed by atoms with Gasteiger partial charge in [0, 0.05) is 18.3 Å². The highest BCUT2D eigenvalue weighted by Crippen LogP contribution is 2.43. The number of benzene rings is 1. The largest absolute Gasteiger partial charge is 0.493 e. The molecule has 0 saturated heterocycles. The Morgan fingerprint density at radius 2 is 1.85 bits per heavy atom. The fourth-order valence-corrected chi connectivity index (χ4v) is 3.54. The summed E-state index contributed by atoms with van der Waals surface area (Å²) >= 11 is 0. The summed E-state index contributed by atoms with van der Waals surface area (Å²) in [6.45, 7) is 3.15. The van der Waals surface area contributed by atoms with E-state index in [-0.39, 0.29) is 0 Å². The molecule has 3 rings (SSSR count). The van der Waals surface area contributed by atoms with Crippen LogP contribution in [0.25, 0.3) is 0 Å². The van der Waals surface area contributed by atoms with Gasteiger partial charge in [0.2, 0.25) is 0 Å². The smallest absolute Gasteiger partial charge is 0.162 e. The molecule has 20 heavy (non-hydrogen) atoms. The van der Waals surface area contributed by atoms with Crippen molar-refractivity contribution in [2.24, 2.45) is 17.8 Å². The second-order valence-corrected chi connectivity index (χ2v) is 5.94. The summed E-state index contributed by atoms with van der Waals surface area (Å²) in [7, 11) is 3.35. The van der Waals surface area contributed by atoms with E-state index < -0.39 is 0 Å². The Kier molecular flexibility index (Phi) is 3.60. The summed E-state index contributed by atoms with van der Waals surface area (Å²) in [5.74, 6) is 3.97. The molecule has 1 aromatic carbocycles. The number of hydrogen-bond donors (Lipinski definition) is 1. The fraction of sp³-hybridized carbons (Fsp3) is 0.529. The van der Waals surface area contributed by atoms with Crippen LogP contribution in [0.4, 0.5) is 5.69 Å². The van der Waals surface area contributed by atoms with Gasteiger partial charge in [-0.1, -0.05) is 12.2 Å². The average molecular weight is 273 g/mol. The van der Waals surface area contributed by atoms with Crippen LogP contribution in [0.3, 0.4) is 0 Å². The normalized spacial score (nSPS) is 26.9. The van der Waals surface area contributed by atoms with Crippen molar-refractivity contribution in [3.63, 3.8) is 0 Å². The minimum Gasteiger partial charge on any atom is -0.493 e. The summed E-state index contributed by atoms with van der Waals surface area (Å²) in [6.07, 6.45) is 7.49. The van der Waals surface area contributed by atoms with Crippen LogP contribution in [-0.4, -0.2) is 20.8 Å². The zero-order valence-electron chi connectivity index (χ0n) is 12.5. The number of ether oxygens (including phenoxy) is 2. The highest BCUT2D eigenvalue weighted by atomic mass is 16.5. The lowest BCUT2D eigenvalue weighted by Gasteiger charge is -2.21. The molecular formula is C17H23NO2. The molecule has 0 aliphatic heterocycles. The van der Waals surface area contributed by atoms with E-state index in [4.69, 9.17) is 9.47 Å². The minimum atomic E-state index is 0.775. The number of anilines is 1. The summed E-state index contributed by atoms with van der Waals surface area (Å²) in [5, 5.41) is 3.60. The van der Waals surface area contributed by atoms with Gasteiger partial charge in [-0.05, 0) is 49.1 Å². The van der Waals surface area contributed by atoms with Crippen molar-refractivity contribution in [2.75, 3.05) is 26.1 Å². The van der Waals surface area contributed by atoms with E-state index in [9.17, 15) is 0 Å². The molecular weight excluding hydrogens is 250 g/mol. The molecule has 0 heterocycles. The molecule has 2 aliphatic rings. The summed E-state index contributed by atoms with van der Waals surface area (Å²) in [4.78, 5) is 0. The molecule has 1 N–H and O–H groups in total. The van der Waals surface area contributed by atoms with Crippen LogP contribution in [0.1, 0.15) is 18.4 Å². The van der Waals surface area contributed by atoms with Crippen molar-refractivity contribution in [3.8, 4) is 11.5 Å². The van der Waals surface area contributed by atoms with Crippen LogP contribution < -0.4 is 14.8 Å². The number of methoxy groups -OCH3 is 2. The molecule has 0 spiro atoms. The molecule has 1 fully saturated rings. The van der Waals surface area contributed by atoms with E-state index in [1.807, 2.05) is 12.1 Å². The molecule has 3 atom stereocenters. The topological polar surface area (TPSA) is 30.5 Å². The van der Waals surface area contributed by atoms with E-state index in [0.717, 1.165) is 41.5 Å². The maximum atomic E-state index is 5.38. The maximum Gasteiger partial charge on any atom is 0.162 e. The van der Waals surface area contributed by atoms with Gasteiger partial charge in [-0.25, -0.2) is 0 Å². The zero-order chi connectivity index (χ0) is 14.1. The molecule has 108 valence electrons. The zero-order valence-corrected chi connectivity index (χ0v) is 12.5. The predicted octanol–water partition coefficient (Wildman–Crippen LogP) is 3.64. The predicted molar refractivity (Wildman–Crippen MR) is 81.6 cm³/mol. The van der Waals surface area contributed by atoms with Crippen molar-refractivity contribution in [1.82, 2.24) is 0 Å². The van der Waals surface area contributed by atoms with Gasteiger partial charge in [-0.3, -0.25) is 0 Å². The first-order valence-electron chi connectivity index (χ1n) is 7.36. The quantitative estimate of drug-likeness (QED) is 0.831. The van der Waals surface area contributed by atoms with Crippen LogP contribution in [0.5, 0.6) is 11.5 Å². The molecule has 0 aromatic heterocycles. The Hall–Kier alpha value is -1.64. The monoisotopic (exact) mass is 273 g/mol. The molecule has 3 unspecified atom stereocenters.